The number of nitrogens with one attached hydrogen (secondary N) is 1. The van der Waals surface area contributed by atoms with Crippen LogP contribution in [0.25, 0.3) is 22.0 Å². The Morgan fingerprint density at radius 2 is 2.00 bits per heavy atom. The zero-order chi connectivity index (χ0) is 12.4. The SMILES string of the molecule is N#Cc1n[nH]nc1-c1csc(-c2ccccc2)n1. The van der Waals surface area contributed by atoms with Gasteiger partial charge in [-0.3, -0.25) is 0 Å². The molecule has 3 rings (SSSR count). The fraction of sp³-hybridized carbons (Fsp3) is 0. The summed E-state index contributed by atoms with van der Waals surface area (Å²) in [5.41, 5.74) is 2.48. The molecule has 0 fully saturated rings. The number of hydrogen-bond acceptors (Lipinski definition) is 5. The first-order valence-electron chi connectivity index (χ1n) is 5.20. The van der Waals surface area contributed by atoms with Crippen molar-refractivity contribution in [3.8, 4) is 28.0 Å². The summed E-state index contributed by atoms with van der Waals surface area (Å²) >= 11 is 1.52. The Balaban J connectivity index is 2.03. The zero-order valence-corrected chi connectivity index (χ0v) is 9.98. The van der Waals surface area contributed by atoms with E-state index >= 15 is 0 Å². The molecular weight excluding hydrogens is 246 g/mol. The molecule has 0 saturated carbocycles. The molecular formula is C12H7N5S. The Labute approximate surface area is 107 Å². The molecule has 6 heteroatoms. The molecule has 0 atom stereocenters. The van der Waals surface area contributed by atoms with Crippen LogP contribution in [0.5, 0.6) is 0 Å². The first-order valence-corrected chi connectivity index (χ1v) is 6.08. The van der Waals surface area contributed by atoms with Crippen molar-refractivity contribution in [1.29, 1.82) is 5.26 Å². The highest BCUT2D eigenvalue weighted by molar-refractivity contribution is 7.13. The number of thiazole rings is 1. The van der Waals surface area contributed by atoms with Crippen LogP contribution in [0.3, 0.4) is 0 Å². The molecule has 0 unspecified atom stereocenters. The largest absolute Gasteiger partial charge is 0.234 e. The first kappa shape index (κ1) is 10.6. The molecule has 0 amide bonds. The van der Waals surface area contributed by atoms with Gasteiger partial charge in [-0.2, -0.15) is 15.6 Å². The van der Waals surface area contributed by atoms with Crippen molar-refractivity contribution in [2.24, 2.45) is 0 Å². The van der Waals surface area contributed by atoms with E-state index < -0.39 is 0 Å². The summed E-state index contributed by atoms with van der Waals surface area (Å²) in [6, 6.07) is 11.9. The van der Waals surface area contributed by atoms with Gasteiger partial charge in [0.25, 0.3) is 0 Å². The molecule has 3 aromatic rings. The van der Waals surface area contributed by atoms with E-state index in [1.807, 2.05) is 41.8 Å². The highest BCUT2D eigenvalue weighted by Gasteiger charge is 2.13. The molecule has 0 aliphatic carbocycles. The topological polar surface area (TPSA) is 78.2 Å². The van der Waals surface area contributed by atoms with Crippen LogP contribution in [0.1, 0.15) is 5.69 Å². The lowest BCUT2D eigenvalue weighted by Crippen LogP contribution is -1.83. The van der Waals surface area contributed by atoms with Gasteiger partial charge in [-0.1, -0.05) is 30.3 Å². The maximum absolute atomic E-state index is 8.90. The van der Waals surface area contributed by atoms with Gasteiger partial charge in [0.1, 0.15) is 22.5 Å². The minimum absolute atomic E-state index is 0.264. The number of aromatic nitrogens is 4. The summed E-state index contributed by atoms with van der Waals surface area (Å²) in [6.07, 6.45) is 0. The molecule has 2 heterocycles. The van der Waals surface area contributed by atoms with Gasteiger partial charge >= 0.3 is 0 Å². The monoisotopic (exact) mass is 253 g/mol. The van der Waals surface area contributed by atoms with Gasteiger partial charge in [-0.25, -0.2) is 4.98 Å². The number of hydrogen-bond donors (Lipinski definition) is 1. The summed E-state index contributed by atoms with van der Waals surface area (Å²) in [7, 11) is 0. The fourth-order valence-corrected chi connectivity index (χ4v) is 2.39. The second kappa shape index (κ2) is 4.39. The molecule has 0 aliphatic heterocycles. The molecule has 0 spiro atoms. The van der Waals surface area contributed by atoms with E-state index in [-0.39, 0.29) is 5.69 Å². The van der Waals surface area contributed by atoms with Crippen LogP contribution in [0, 0.1) is 11.3 Å². The minimum atomic E-state index is 0.264. The third-order valence-corrected chi connectivity index (χ3v) is 3.31. The van der Waals surface area contributed by atoms with Gasteiger partial charge in [-0.05, 0) is 0 Å². The van der Waals surface area contributed by atoms with E-state index in [9.17, 15) is 0 Å². The Kier molecular flexibility index (Phi) is 2.59. The lowest BCUT2D eigenvalue weighted by molar-refractivity contribution is 0.936. The standard InChI is InChI=1S/C12H7N5S/c13-6-9-11(16-17-15-9)10-7-18-12(14-10)8-4-2-1-3-5-8/h1-5,7H,(H,15,16,17). The predicted octanol–water partition coefficient (Wildman–Crippen LogP) is 2.47. The van der Waals surface area contributed by atoms with Crippen LogP contribution in [0.4, 0.5) is 0 Å². The van der Waals surface area contributed by atoms with E-state index in [0.717, 1.165) is 10.6 Å². The predicted molar refractivity (Wildman–Crippen MR) is 67.6 cm³/mol. The van der Waals surface area contributed by atoms with Crippen LogP contribution in [0.2, 0.25) is 0 Å². The fourth-order valence-electron chi connectivity index (χ4n) is 1.58. The summed E-state index contributed by atoms with van der Waals surface area (Å²) in [6.45, 7) is 0. The van der Waals surface area contributed by atoms with Crippen molar-refractivity contribution < 1.29 is 0 Å². The number of nitriles is 1. The van der Waals surface area contributed by atoms with Gasteiger partial charge in [-0.15, -0.1) is 16.4 Å². The quantitative estimate of drug-likeness (QED) is 0.761. The zero-order valence-electron chi connectivity index (χ0n) is 9.16. The minimum Gasteiger partial charge on any atom is -0.234 e. The van der Waals surface area contributed by atoms with Gasteiger partial charge in [0.05, 0.1) is 0 Å². The molecule has 1 N–H and O–H groups in total. The normalized spacial score (nSPS) is 10.2. The van der Waals surface area contributed by atoms with Crippen LogP contribution >= 0.6 is 11.3 Å². The van der Waals surface area contributed by atoms with Gasteiger partial charge in [0.15, 0.2) is 5.69 Å². The molecule has 0 aliphatic rings. The van der Waals surface area contributed by atoms with Crippen molar-refractivity contribution in [3.63, 3.8) is 0 Å². The lowest BCUT2D eigenvalue weighted by Gasteiger charge is -1.93. The number of aromatic amines is 1. The molecule has 1 aromatic carbocycles. The maximum Gasteiger partial charge on any atom is 0.192 e. The van der Waals surface area contributed by atoms with Crippen molar-refractivity contribution in [3.05, 3.63) is 41.4 Å². The summed E-state index contributed by atoms with van der Waals surface area (Å²) in [4.78, 5) is 4.48. The van der Waals surface area contributed by atoms with Crippen LogP contribution < -0.4 is 0 Å². The Morgan fingerprint density at radius 3 is 2.78 bits per heavy atom. The van der Waals surface area contributed by atoms with Crippen LogP contribution in [0.15, 0.2) is 35.7 Å². The number of H-pyrrole nitrogens is 1. The van der Waals surface area contributed by atoms with Crippen molar-refractivity contribution in [2.75, 3.05) is 0 Å². The first-order chi connectivity index (χ1) is 8.88. The summed E-state index contributed by atoms with van der Waals surface area (Å²) in [5, 5.41) is 21.8. The lowest BCUT2D eigenvalue weighted by atomic mass is 10.2. The average molecular weight is 253 g/mol. The van der Waals surface area contributed by atoms with Crippen molar-refractivity contribution >= 4 is 11.3 Å². The second-order valence-electron chi connectivity index (χ2n) is 3.54. The maximum atomic E-state index is 8.90. The van der Waals surface area contributed by atoms with E-state index in [1.165, 1.54) is 11.3 Å². The van der Waals surface area contributed by atoms with E-state index in [0.29, 0.717) is 11.4 Å². The number of nitrogens with zero attached hydrogens (tertiary/aromatic N) is 4. The van der Waals surface area contributed by atoms with Crippen molar-refractivity contribution in [1.82, 2.24) is 20.4 Å². The average Bonchev–Trinajstić information content (AvgIpc) is 3.08. The molecule has 0 radical (unpaired) electrons. The third-order valence-electron chi connectivity index (χ3n) is 2.42. The van der Waals surface area contributed by atoms with E-state index in [4.69, 9.17) is 5.26 Å². The molecule has 86 valence electrons. The van der Waals surface area contributed by atoms with Crippen LogP contribution in [-0.4, -0.2) is 20.4 Å². The molecule has 0 saturated heterocycles. The van der Waals surface area contributed by atoms with E-state index in [2.05, 4.69) is 20.4 Å². The summed E-state index contributed by atoms with van der Waals surface area (Å²) in [5.74, 6) is 0. The highest BCUT2D eigenvalue weighted by atomic mass is 32.1. The molecule has 0 bridgehead atoms. The third kappa shape index (κ3) is 1.77. The molecule has 18 heavy (non-hydrogen) atoms. The molecule has 2 aromatic heterocycles. The Bertz CT molecular complexity index is 707. The Morgan fingerprint density at radius 1 is 1.17 bits per heavy atom. The van der Waals surface area contributed by atoms with E-state index in [1.54, 1.807) is 0 Å². The highest BCUT2D eigenvalue weighted by Crippen LogP contribution is 2.28. The van der Waals surface area contributed by atoms with Gasteiger partial charge in [0, 0.05) is 10.9 Å². The van der Waals surface area contributed by atoms with Gasteiger partial charge < -0.3 is 0 Å². The number of rotatable bonds is 2. The van der Waals surface area contributed by atoms with Crippen LogP contribution in [-0.2, 0) is 0 Å². The van der Waals surface area contributed by atoms with Crippen molar-refractivity contribution in [2.45, 2.75) is 0 Å². The second-order valence-corrected chi connectivity index (χ2v) is 4.39. The Hall–Kier alpha value is -2.52. The number of benzene rings is 1. The smallest absolute Gasteiger partial charge is 0.192 e. The molecule has 5 nitrogen and oxygen atoms in total. The van der Waals surface area contributed by atoms with Gasteiger partial charge in [0.2, 0.25) is 0 Å². The summed E-state index contributed by atoms with van der Waals surface area (Å²) < 4.78 is 0.